The Morgan fingerprint density at radius 3 is 2.30 bits per heavy atom. The number of halogens is 1. The van der Waals surface area contributed by atoms with Crippen molar-refractivity contribution in [3.05, 3.63) is 28.8 Å². The summed E-state index contributed by atoms with van der Waals surface area (Å²) in [5.41, 5.74) is 8.73. The van der Waals surface area contributed by atoms with Gasteiger partial charge in [-0.2, -0.15) is 0 Å². The Hall–Kier alpha value is -0.730. The lowest BCUT2D eigenvalue weighted by atomic mass is 9.74. The smallest absolute Gasteiger partial charge is 0.0642 e. The fraction of sp³-hybridized carbons (Fsp3) is 0.647. The van der Waals surface area contributed by atoms with Crippen molar-refractivity contribution in [3.8, 4) is 0 Å². The van der Waals surface area contributed by atoms with Crippen molar-refractivity contribution < 1.29 is 0 Å². The zero-order valence-electron chi connectivity index (χ0n) is 13.0. The minimum atomic E-state index is 0.0377. The highest BCUT2D eigenvalue weighted by Crippen LogP contribution is 2.40. The molecular weight excluding hydrogens is 268 g/mol. The van der Waals surface area contributed by atoms with Crippen LogP contribution in [0.1, 0.15) is 58.1 Å². The summed E-state index contributed by atoms with van der Waals surface area (Å²) >= 11 is 6.45. The largest absolute Gasteiger partial charge is 0.370 e. The van der Waals surface area contributed by atoms with Gasteiger partial charge in [0.15, 0.2) is 0 Å². The molecule has 0 spiro atoms. The zero-order valence-corrected chi connectivity index (χ0v) is 13.7. The number of nitrogens with two attached hydrogens (primary N) is 1. The topological polar surface area (TPSA) is 29.3 Å². The maximum absolute atomic E-state index is 6.45. The second-order valence-corrected chi connectivity index (χ2v) is 6.60. The van der Waals surface area contributed by atoms with E-state index in [1.165, 1.54) is 25.7 Å². The molecule has 2 N–H and O–H groups in total. The van der Waals surface area contributed by atoms with Gasteiger partial charge in [0, 0.05) is 19.1 Å². The van der Waals surface area contributed by atoms with Gasteiger partial charge in [-0.15, -0.1) is 0 Å². The van der Waals surface area contributed by atoms with Crippen LogP contribution in [0.2, 0.25) is 5.02 Å². The first-order valence-electron chi connectivity index (χ1n) is 7.81. The van der Waals surface area contributed by atoms with Crippen LogP contribution in [-0.4, -0.2) is 13.1 Å². The van der Waals surface area contributed by atoms with E-state index in [1.54, 1.807) is 0 Å². The predicted octanol–water partition coefficient (Wildman–Crippen LogP) is 4.77. The van der Waals surface area contributed by atoms with E-state index in [1.807, 2.05) is 13.0 Å². The summed E-state index contributed by atoms with van der Waals surface area (Å²) in [6.07, 6.45) is 5.11. The van der Waals surface area contributed by atoms with Gasteiger partial charge in [0.2, 0.25) is 0 Å². The van der Waals surface area contributed by atoms with Crippen LogP contribution in [-0.2, 0) is 0 Å². The SMILES string of the molecule is CCC1(CC)CCN(c2ccc([C@H](C)N)cc2Cl)CC1. The third-order valence-electron chi connectivity index (χ3n) is 5.16. The van der Waals surface area contributed by atoms with Gasteiger partial charge >= 0.3 is 0 Å². The molecule has 112 valence electrons. The fourth-order valence-corrected chi connectivity index (χ4v) is 3.55. The molecule has 1 aromatic carbocycles. The molecule has 1 atom stereocenters. The Kier molecular flexibility index (Phi) is 4.98. The Morgan fingerprint density at radius 1 is 1.25 bits per heavy atom. The average Bonchev–Trinajstić information content (AvgIpc) is 2.47. The molecule has 0 saturated carbocycles. The van der Waals surface area contributed by atoms with Crippen LogP contribution in [0.15, 0.2) is 18.2 Å². The standard InChI is InChI=1S/C17H27ClN2/c1-4-17(5-2)8-10-20(11-9-17)16-7-6-14(13(3)19)12-15(16)18/h6-7,12-13H,4-5,8-11,19H2,1-3H3/t13-/m0/s1. The molecule has 1 heterocycles. The Bertz CT molecular complexity index is 442. The third kappa shape index (κ3) is 3.12. The van der Waals surface area contributed by atoms with E-state index >= 15 is 0 Å². The van der Waals surface area contributed by atoms with Crippen molar-refractivity contribution in [1.29, 1.82) is 0 Å². The van der Waals surface area contributed by atoms with Crippen molar-refractivity contribution in [3.63, 3.8) is 0 Å². The number of nitrogens with zero attached hydrogens (tertiary/aromatic N) is 1. The highest BCUT2D eigenvalue weighted by atomic mass is 35.5. The average molecular weight is 295 g/mol. The molecule has 1 saturated heterocycles. The zero-order chi connectivity index (χ0) is 14.8. The maximum Gasteiger partial charge on any atom is 0.0642 e. The van der Waals surface area contributed by atoms with Crippen LogP contribution in [0.5, 0.6) is 0 Å². The number of hydrogen-bond acceptors (Lipinski definition) is 2. The van der Waals surface area contributed by atoms with E-state index in [9.17, 15) is 0 Å². The van der Waals surface area contributed by atoms with Gasteiger partial charge in [-0.1, -0.05) is 44.4 Å². The van der Waals surface area contributed by atoms with E-state index < -0.39 is 0 Å². The van der Waals surface area contributed by atoms with Gasteiger partial charge in [-0.3, -0.25) is 0 Å². The molecule has 0 amide bonds. The molecule has 3 heteroatoms. The minimum Gasteiger partial charge on any atom is -0.370 e. The molecule has 20 heavy (non-hydrogen) atoms. The summed E-state index contributed by atoms with van der Waals surface area (Å²) < 4.78 is 0. The Labute approximate surface area is 128 Å². The monoisotopic (exact) mass is 294 g/mol. The highest BCUT2D eigenvalue weighted by molar-refractivity contribution is 6.33. The number of rotatable bonds is 4. The lowest BCUT2D eigenvalue weighted by Gasteiger charge is -2.42. The first kappa shape index (κ1) is 15.7. The molecule has 1 aliphatic rings. The lowest BCUT2D eigenvalue weighted by Crippen LogP contribution is -2.39. The van der Waals surface area contributed by atoms with Crippen LogP contribution in [0.3, 0.4) is 0 Å². The Balaban J connectivity index is 2.11. The molecule has 0 bridgehead atoms. The van der Waals surface area contributed by atoms with Crippen LogP contribution in [0.4, 0.5) is 5.69 Å². The highest BCUT2D eigenvalue weighted by Gasteiger charge is 2.31. The third-order valence-corrected chi connectivity index (χ3v) is 5.47. The van der Waals surface area contributed by atoms with E-state index in [4.69, 9.17) is 17.3 Å². The van der Waals surface area contributed by atoms with E-state index in [2.05, 4.69) is 30.9 Å². The lowest BCUT2D eigenvalue weighted by molar-refractivity contribution is 0.199. The normalized spacial score (nSPS) is 19.9. The summed E-state index contributed by atoms with van der Waals surface area (Å²) in [6.45, 7) is 8.86. The van der Waals surface area contributed by atoms with Crippen molar-refractivity contribution >= 4 is 17.3 Å². The first-order valence-corrected chi connectivity index (χ1v) is 8.19. The molecule has 0 radical (unpaired) electrons. The van der Waals surface area contributed by atoms with E-state index in [-0.39, 0.29) is 6.04 Å². The van der Waals surface area contributed by atoms with E-state index in [0.717, 1.165) is 29.4 Å². The van der Waals surface area contributed by atoms with Gasteiger partial charge in [-0.25, -0.2) is 0 Å². The number of anilines is 1. The first-order chi connectivity index (χ1) is 9.51. The quantitative estimate of drug-likeness (QED) is 0.867. The number of hydrogen-bond donors (Lipinski definition) is 1. The molecule has 1 aliphatic heterocycles. The number of benzene rings is 1. The predicted molar refractivity (Wildman–Crippen MR) is 88.5 cm³/mol. The van der Waals surface area contributed by atoms with Gasteiger partial charge < -0.3 is 10.6 Å². The fourth-order valence-electron chi connectivity index (χ4n) is 3.24. The van der Waals surface area contributed by atoms with E-state index in [0.29, 0.717) is 5.41 Å². The summed E-state index contributed by atoms with van der Waals surface area (Å²) in [7, 11) is 0. The van der Waals surface area contributed by atoms with Gasteiger partial charge in [0.25, 0.3) is 0 Å². The molecule has 0 aliphatic carbocycles. The Morgan fingerprint density at radius 2 is 1.85 bits per heavy atom. The summed E-state index contributed by atoms with van der Waals surface area (Å²) in [6, 6.07) is 6.29. The van der Waals surface area contributed by atoms with Crippen molar-refractivity contribution in [2.45, 2.75) is 52.5 Å². The van der Waals surface area contributed by atoms with Crippen molar-refractivity contribution in [1.82, 2.24) is 0 Å². The molecule has 0 unspecified atom stereocenters. The van der Waals surface area contributed by atoms with Crippen LogP contribution < -0.4 is 10.6 Å². The second-order valence-electron chi connectivity index (χ2n) is 6.19. The second kappa shape index (κ2) is 6.36. The van der Waals surface area contributed by atoms with Crippen LogP contribution in [0, 0.1) is 5.41 Å². The molecule has 1 aromatic rings. The van der Waals surface area contributed by atoms with Gasteiger partial charge in [-0.05, 0) is 42.9 Å². The molecule has 0 aromatic heterocycles. The summed E-state index contributed by atoms with van der Waals surface area (Å²) in [5.74, 6) is 0. The molecule has 2 rings (SSSR count). The number of piperidine rings is 1. The molecule has 1 fully saturated rings. The maximum atomic E-state index is 6.45. The van der Waals surface area contributed by atoms with Crippen LogP contribution in [0.25, 0.3) is 0 Å². The summed E-state index contributed by atoms with van der Waals surface area (Å²) in [5, 5.41) is 0.834. The van der Waals surface area contributed by atoms with Crippen LogP contribution >= 0.6 is 11.6 Å². The minimum absolute atomic E-state index is 0.0377. The van der Waals surface area contributed by atoms with Gasteiger partial charge in [0.05, 0.1) is 10.7 Å². The molecular formula is C17H27ClN2. The van der Waals surface area contributed by atoms with Gasteiger partial charge in [0.1, 0.15) is 0 Å². The van der Waals surface area contributed by atoms with Crippen molar-refractivity contribution in [2.75, 3.05) is 18.0 Å². The van der Waals surface area contributed by atoms with Crippen molar-refractivity contribution in [2.24, 2.45) is 11.1 Å². The summed E-state index contributed by atoms with van der Waals surface area (Å²) in [4.78, 5) is 2.43. The molecule has 2 nitrogen and oxygen atoms in total.